The highest BCUT2D eigenvalue weighted by Gasteiger charge is 2.14. The summed E-state index contributed by atoms with van der Waals surface area (Å²) in [6, 6.07) is 3.85. The Labute approximate surface area is 116 Å². The zero-order valence-corrected chi connectivity index (χ0v) is 11.7. The molecular formula is C12H15FN4O2S. The van der Waals surface area contributed by atoms with Crippen molar-refractivity contribution >= 4 is 10.0 Å². The number of rotatable bonds is 6. The second kappa shape index (κ2) is 6.10. The Balaban J connectivity index is 1.92. The van der Waals surface area contributed by atoms with E-state index >= 15 is 0 Å². The van der Waals surface area contributed by atoms with Crippen LogP contribution in [0.25, 0.3) is 0 Å². The molecule has 0 aliphatic rings. The smallest absolute Gasteiger partial charge is 0.240 e. The molecule has 0 fully saturated rings. The molecule has 0 aliphatic carbocycles. The van der Waals surface area contributed by atoms with Gasteiger partial charge in [0.1, 0.15) is 18.0 Å². The Bertz CT molecular complexity index is 671. The van der Waals surface area contributed by atoms with Crippen molar-refractivity contribution in [2.24, 2.45) is 0 Å². The van der Waals surface area contributed by atoms with Crippen molar-refractivity contribution in [1.82, 2.24) is 19.9 Å². The summed E-state index contributed by atoms with van der Waals surface area (Å²) in [7, 11) is -3.68. The summed E-state index contributed by atoms with van der Waals surface area (Å²) in [6.07, 6.45) is 2.56. The van der Waals surface area contributed by atoms with Gasteiger partial charge in [-0.15, -0.1) is 0 Å². The molecule has 0 bridgehead atoms. The minimum absolute atomic E-state index is 0.0692. The number of nitrogens with zero attached hydrogens (tertiary/aromatic N) is 2. The standard InChI is InChI=1S/C12H15FN4O2S/c1-9-4-5-10(7-11(9)13)20(18,19)16-6-2-3-12-14-8-15-17-12/h4-5,7-8,16H,2-3,6H2,1H3,(H,14,15,17). The van der Waals surface area contributed by atoms with Crippen LogP contribution in [0.5, 0.6) is 0 Å². The van der Waals surface area contributed by atoms with Crippen molar-refractivity contribution in [3.8, 4) is 0 Å². The molecule has 6 nitrogen and oxygen atoms in total. The van der Waals surface area contributed by atoms with E-state index in [1.165, 1.54) is 18.5 Å². The van der Waals surface area contributed by atoms with Gasteiger partial charge in [0, 0.05) is 13.0 Å². The molecule has 1 aromatic carbocycles. The minimum atomic E-state index is -3.68. The number of halogens is 1. The molecule has 0 atom stereocenters. The molecule has 108 valence electrons. The maximum Gasteiger partial charge on any atom is 0.240 e. The average molecular weight is 298 g/mol. The van der Waals surface area contributed by atoms with Crippen LogP contribution < -0.4 is 4.72 Å². The predicted octanol–water partition coefficient (Wildman–Crippen LogP) is 1.16. The van der Waals surface area contributed by atoms with Crippen LogP contribution in [0.2, 0.25) is 0 Å². The van der Waals surface area contributed by atoms with Crippen LogP contribution in [-0.2, 0) is 16.4 Å². The SMILES string of the molecule is Cc1ccc(S(=O)(=O)NCCCc2ncn[nH]2)cc1F. The fraction of sp³-hybridized carbons (Fsp3) is 0.333. The van der Waals surface area contributed by atoms with Crippen molar-refractivity contribution in [1.29, 1.82) is 0 Å². The van der Waals surface area contributed by atoms with Crippen LogP contribution in [0, 0.1) is 12.7 Å². The first-order valence-corrected chi connectivity index (χ1v) is 7.57. The van der Waals surface area contributed by atoms with Crippen molar-refractivity contribution in [2.75, 3.05) is 6.54 Å². The fourth-order valence-corrected chi connectivity index (χ4v) is 2.72. The summed E-state index contributed by atoms with van der Waals surface area (Å²) in [5, 5.41) is 6.39. The monoisotopic (exact) mass is 298 g/mol. The highest BCUT2D eigenvalue weighted by Crippen LogP contribution is 2.13. The Morgan fingerprint density at radius 2 is 2.20 bits per heavy atom. The van der Waals surface area contributed by atoms with Gasteiger partial charge in [-0.05, 0) is 31.0 Å². The third-order valence-electron chi connectivity index (χ3n) is 2.80. The molecule has 0 radical (unpaired) electrons. The summed E-state index contributed by atoms with van der Waals surface area (Å²) in [5.74, 6) is 0.167. The zero-order valence-electron chi connectivity index (χ0n) is 10.9. The molecular weight excluding hydrogens is 283 g/mol. The molecule has 8 heteroatoms. The molecule has 0 amide bonds. The Morgan fingerprint density at radius 1 is 1.40 bits per heavy atom. The Hall–Kier alpha value is -1.80. The largest absolute Gasteiger partial charge is 0.263 e. The zero-order chi connectivity index (χ0) is 14.6. The third kappa shape index (κ3) is 3.61. The molecule has 0 saturated carbocycles. The molecule has 20 heavy (non-hydrogen) atoms. The second-order valence-electron chi connectivity index (χ2n) is 4.34. The lowest BCUT2D eigenvalue weighted by Gasteiger charge is -2.07. The van der Waals surface area contributed by atoms with Gasteiger partial charge in [-0.25, -0.2) is 22.5 Å². The fourth-order valence-electron chi connectivity index (χ4n) is 1.64. The second-order valence-corrected chi connectivity index (χ2v) is 6.11. The van der Waals surface area contributed by atoms with Crippen molar-refractivity contribution in [3.05, 3.63) is 41.7 Å². The van der Waals surface area contributed by atoms with Gasteiger partial charge >= 0.3 is 0 Å². The van der Waals surface area contributed by atoms with Gasteiger partial charge in [0.05, 0.1) is 4.90 Å². The van der Waals surface area contributed by atoms with Gasteiger partial charge in [0.15, 0.2) is 0 Å². The maximum absolute atomic E-state index is 13.4. The summed E-state index contributed by atoms with van der Waals surface area (Å²) >= 11 is 0. The predicted molar refractivity (Wildman–Crippen MR) is 71.0 cm³/mol. The van der Waals surface area contributed by atoms with Crippen LogP contribution in [-0.4, -0.2) is 30.1 Å². The molecule has 1 heterocycles. The van der Waals surface area contributed by atoms with Crippen LogP contribution >= 0.6 is 0 Å². The summed E-state index contributed by atoms with van der Waals surface area (Å²) in [6.45, 7) is 1.83. The highest BCUT2D eigenvalue weighted by atomic mass is 32.2. The molecule has 0 spiro atoms. The topological polar surface area (TPSA) is 87.7 Å². The van der Waals surface area contributed by atoms with E-state index in [2.05, 4.69) is 19.9 Å². The number of hydrogen-bond donors (Lipinski definition) is 2. The van der Waals surface area contributed by atoms with E-state index in [1.54, 1.807) is 6.92 Å². The number of aromatic amines is 1. The van der Waals surface area contributed by atoms with Crippen molar-refractivity contribution in [2.45, 2.75) is 24.7 Å². The molecule has 2 rings (SSSR count). The molecule has 2 aromatic rings. The van der Waals surface area contributed by atoms with Crippen molar-refractivity contribution in [3.63, 3.8) is 0 Å². The maximum atomic E-state index is 13.4. The van der Waals surface area contributed by atoms with Gasteiger partial charge in [0.25, 0.3) is 0 Å². The van der Waals surface area contributed by atoms with E-state index in [0.717, 1.165) is 6.07 Å². The number of sulfonamides is 1. The van der Waals surface area contributed by atoms with E-state index in [1.807, 2.05) is 0 Å². The molecule has 0 saturated heterocycles. The molecule has 0 aliphatic heterocycles. The third-order valence-corrected chi connectivity index (χ3v) is 4.26. The van der Waals surface area contributed by atoms with Gasteiger partial charge in [-0.1, -0.05) is 6.07 Å². The van der Waals surface area contributed by atoms with Gasteiger partial charge in [-0.3, -0.25) is 5.10 Å². The first kappa shape index (κ1) is 14.6. The Morgan fingerprint density at radius 3 is 2.85 bits per heavy atom. The highest BCUT2D eigenvalue weighted by molar-refractivity contribution is 7.89. The lowest BCUT2D eigenvalue weighted by molar-refractivity contribution is 0.573. The van der Waals surface area contributed by atoms with E-state index in [9.17, 15) is 12.8 Å². The van der Waals surface area contributed by atoms with E-state index < -0.39 is 15.8 Å². The van der Waals surface area contributed by atoms with Gasteiger partial charge in [0.2, 0.25) is 10.0 Å². The van der Waals surface area contributed by atoms with Crippen LogP contribution in [0.4, 0.5) is 4.39 Å². The molecule has 1 aromatic heterocycles. The van der Waals surface area contributed by atoms with Gasteiger partial charge in [-0.2, -0.15) is 5.10 Å². The summed E-state index contributed by atoms with van der Waals surface area (Å²) < 4.78 is 39.7. The first-order valence-electron chi connectivity index (χ1n) is 6.09. The number of hydrogen-bond acceptors (Lipinski definition) is 4. The van der Waals surface area contributed by atoms with Crippen LogP contribution in [0.3, 0.4) is 0 Å². The van der Waals surface area contributed by atoms with Crippen molar-refractivity contribution < 1.29 is 12.8 Å². The number of nitrogens with one attached hydrogen (secondary N) is 2. The molecule has 0 unspecified atom stereocenters. The lowest BCUT2D eigenvalue weighted by atomic mass is 10.2. The van der Waals surface area contributed by atoms with E-state index in [0.29, 0.717) is 24.2 Å². The molecule has 2 N–H and O–H groups in total. The number of H-pyrrole nitrogens is 1. The Kier molecular flexibility index (Phi) is 4.46. The quantitative estimate of drug-likeness (QED) is 0.783. The summed E-state index contributed by atoms with van der Waals surface area (Å²) in [5.41, 5.74) is 0.411. The summed E-state index contributed by atoms with van der Waals surface area (Å²) in [4.78, 5) is 3.87. The lowest BCUT2D eigenvalue weighted by Crippen LogP contribution is -2.25. The van der Waals surface area contributed by atoms with E-state index in [-0.39, 0.29) is 11.4 Å². The number of benzene rings is 1. The first-order chi connectivity index (χ1) is 9.49. The van der Waals surface area contributed by atoms with Crippen LogP contribution in [0.1, 0.15) is 17.8 Å². The van der Waals surface area contributed by atoms with Crippen LogP contribution in [0.15, 0.2) is 29.4 Å². The number of aromatic nitrogens is 3. The van der Waals surface area contributed by atoms with Gasteiger partial charge < -0.3 is 0 Å². The average Bonchev–Trinajstić information content (AvgIpc) is 2.91. The number of aryl methyl sites for hydroxylation is 2. The normalized spacial score (nSPS) is 11.7. The van der Waals surface area contributed by atoms with E-state index in [4.69, 9.17) is 0 Å². The minimum Gasteiger partial charge on any atom is -0.263 e.